The summed E-state index contributed by atoms with van der Waals surface area (Å²) in [6.07, 6.45) is 0. The van der Waals surface area contributed by atoms with Crippen LogP contribution in [0.15, 0.2) is 52.6 Å². The van der Waals surface area contributed by atoms with E-state index in [1.807, 2.05) is 5.38 Å². The number of halogens is 1. The first-order chi connectivity index (χ1) is 16.9. The molecule has 0 unspecified atom stereocenters. The van der Waals surface area contributed by atoms with E-state index in [1.54, 1.807) is 18.2 Å². The highest BCUT2D eigenvalue weighted by Crippen LogP contribution is 2.40. The molecule has 2 amide bonds. The average molecular weight is 518 g/mol. The van der Waals surface area contributed by atoms with Gasteiger partial charge in [0.15, 0.2) is 0 Å². The van der Waals surface area contributed by atoms with Crippen molar-refractivity contribution in [3.05, 3.63) is 69.6 Å². The number of fused-ring (bicyclic) bond motifs is 1. The van der Waals surface area contributed by atoms with Crippen molar-refractivity contribution in [1.82, 2.24) is 9.88 Å². The zero-order chi connectivity index (χ0) is 24.9. The highest BCUT2D eigenvalue weighted by Gasteiger charge is 2.26. The molecular weight excluding hydrogens is 497 g/mol. The Morgan fingerprint density at radius 3 is 2.57 bits per heavy atom. The van der Waals surface area contributed by atoms with Gasteiger partial charge in [0.05, 0.1) is 42.6 Å². The summed E-state index contributed by atoms with van der Waals surface area (Å²) >= 11 is 0. The van der Waals surface area contributed by atoms with Crippen LogP contribution in [0.3, 0.4) is 0 Å². The Labute approximate surface area is 206 Å². The molecule has 2 aromatic rings. The number of hydrogen-bond acceptors (Lipinski definition) is 8. The van der Waals surface area contributed by atoms with Crippen molar-refractivity contribution < 1.29 is 28.2 Å². The molecule has 0 aliphatic carbocycles. The molecule has 2 N–H and O–H groups in total. The lowest BCUT2D eigenvalue weighted by Gasteiger charge is -2.11. The molecule has 4 rings (SSSR count). The summed E-state index contributed by atoms with van der Waals surface area (Å²) in [7, 11) is 5.81. The Bertz CT molecular complexity index is 1380. The van der Waals surface area contributed by atoms with Gasteiger partial charge in [0.1, 0.15) is 29.6 Å². The van der Waals surface area contributed by atoms with Crippen molar-refractivity contribution in [2.24, 2.45) is 0 Å². The van der Waals surface area contributed by atoms with Crippen LogP contribution in [0.2, 0.25) is 0 Å². The Balaban J connectivity index is 1.44. The van der Waals surface area contributed by atoms with Gasteiger partial charge in [-0.15, -0.1) is 0 Å². The van der Waals surface area contributed by atoms with Gasteiger partial charge in [0, 0.05) is 11.4 Å². The largest absolute Gasteiger partial charge is 0.497 e. The van der Waals surface area contributed by atoms with E-state index in [9.17, 15) is 18.8 Å². The number of urea groups is 1. The van der Waals surface area contributed by atoms with Crippen LogP contribution >= 0.6 is 20.7 Å². The molecule has 9 nitrogen and oxygen atoms in total. The smallest absolute Gasteiger partial charge is 0.338 e. The van der Waals surface area contributed by atoms with Gasteiger partial charge in [0.2, 0.25) is 0 Å². The van der Waals surface area contributed by atoms with Crippen LogP contribution in [0, 0.1) is 5.82 Å². The third-order valence-electron chi connectivity index (χ3n) is 4.98. The second-order valence-corrected chi connectivity index (χ2v) is 9.17. The predicted octanol–water partition coefficient (Wildman–Crippen LogP) is 4.20. The van der Waals surface area contributed by atoms with Gasteiger partial charge in [-0.25, -0.2) is 14.0 Å². The van der Waals surface area contributed by atoms with Gasteiger partial charge >= 0.3 is 12.0 Å². The minimum absolute atomic E-state index is 0.0101. The molecule has 0 aromatic heterocycles. The topological polar surface area (TPSA) is 108 Å². The monoisotopic (exact) mass is 517 g/mol. The number of benzene rings is 2. The second kappa shape index (κ2) is 10.6. The highest BCUT2D eigenvalue weighted by atomic mass is 32.9. The average Bonchev–Trinajstić information content (AvgIpc) is 3.43. The second-order valence-electron chi connectivity index (χ2n) is 7.09. The van der Waals surface area contributed by atoms with Gasteiger partial charge in [-0.05, 0) is 36.4 Å². The Hall–Kier alpha value is -3.90. The van der Waals surface area contributed by atoms with Gasteiger partial charge in [0.25, 0.3) is 5.56 Å². The lowest BCUT2D eigenvalue weighted by molar-refractivity contribution is 0.0510. The van der Waals surface area contributed by atoms with Crippen molar-refractivity contribution in [2.75, 3.05) is 32.7 Å². The summed E-state index contributed by atoms with van der Waals surface area (Å²) in [5.41, 5.74) is 1.06. The SMILES string of the molecule is COc1ccc(-n2c3cssc-3c(NC(=O)NCCOC(=O)c3ccc(F)cc3)c2=O)c(OC)c1. The van der Waals surface area contributed by atoms with E-state index < -0.39 is 23.4 Å². The summed E-state index contributed by atoms with van der Waals surface area (Å²) < 4.78 is 30.2. The van der Waals surface area contributed by atoms with Crippen molar-refractivity contribution in [3.8, 4) is 27.8 Å². The van der Waals surface area contributed by atoms with E-state index in [0.29, 0.717) is 27.8 Å². The fraction of sp³-hybridized carbons (Fsp3) is 0.174. The number of amides is 2. The van der Waals surface area contributed by atoms with E-state index >= 15 is 0 Å². The van der Waals surface area contributed by atoms with E-state index in [1.165, 1.54) is 51.6 Å². The molecule has 0 bridgehead atoms. The first-order valence-corrected chi connectivity index (χ1v) is 12.5. The van der Waals surface area contributed by atoms with Crippen LogP contribution < -0.4 is 25.7 Å². The van der Waals surface area contributed by atoms with Gasteiger partial charge < -0.3 is 24.8 Å². The number of carbonyl (C=O) groups excluding carboxylic acids is 2. The van der Waals surface area contributed by atoms with E-state index in [4.69, 9.17) is 14.2 Å². The molecule has 2 aliphatic heterocycles. The van der Waals surface area contributed by atoms with Crippen LogP contribution in [-0.4, -0.2) is 43.9 Å². The van der Waals surface area contributed by atoms with Crippen LogP contribution in [0.25, 0.3) is 16.3 Å². The van der Waals surface area contributed by atoms with Gasteiger partial charge in [-0.1, -0.05) is 20.7 Å². The lowest BCUT2D eigenvalue weighted by atomic mass is 10.2. The molecule has 0 fully saturated rings. The number of ether oxygens (including phenoxy) is 3. The van der Waals surface area contributed by atoms with Crippen LogP contribution in [0.1, 0.15) is 10.4 Å². The molecule has 0 radical (unpaired) electrons. The molecule has 0 spiro atoms. The molecule has 35 heavy (non-hydrogen) atoms. The van der Waals surface area contributed by atoms with Crippen molar-refractivity contribution in [1.29, 1.82) is 0 Å². The fourth-order valence-electron chi connectivity index (χ4n) is 3.31. The summed E-state index contributed by atoms with van der Waals surface area (Å²) in [5, 5.41) is 6.97. The number of nitrogens with one attached hydrogen (secondary N) is 2. The third kappa shape index (κ3) is 5.12. The number of aromatic nitrogens is 1. The van der Waals surface area contributed by atoms with Gasteiger partial charge in [-0.2, -0.15) is 0 Å². The number of anilines is 1. The first-order valence-electron chi connectivity index (χ1n) is 10.2. The Morgan fingerprint density at radius 1 is 1.09 bits per heavy atom. The molecule has 2 heterocycles. The van der Waals surface area contributed by atoms with E-state index in [0.717, 1.165) is 12.1 Å². The molecule has 12 heteroatoms. The van der Waals surface area contributed by atoms with E-state index in [-0.39, 0.29) is 24.4 Å². The Kier molecular flexibility index (Phi) is 7.32. The number of rotatable bonds is 8. The Morgan fingerprint density at radius 2 is 1.86 bits per heavy atom. The maximum Gasteiger partial charge on any atom is 0.338 e. The molecule has 2 aliphatic rings. The molecule has 0 saturated heterocycles. The number of nitrogens with zero attached hydrogens (tertiary/aromatic N) is 1. The maximum absolute atomic E-state index is 13.3. The van der Waals surface area contributed by atoms with Crippen molar-refractivity contribution in [3.63, 3.8) is 0 Å². The molecular formula is C23H20FN3O6S2. The summed E-state index contributed by atoms with van der Waals surface area (Å²) in [4.78, 5) is 38.3. The predicted molar refractivity (Wildman–Crippen MR) is 131 cm³/mol. The van der Waals surface area contributed by atoms with E-state index in [2.05, 4.69) is 10.6 Å². The summed E-state index contributed by atoms with van der Waals surface area (Å²) in [6.45, 7) is -0.0927. The molecule has 0 atom stereocenters. The minimum Gasteiger partial charge on any atom is -0.497 e. The zero-order valence-electron chi connectivity index (χ0n) is 18.6. The number of carbonyl (C=O) groups is 2. The fourth-order valence-corrected chi connectivity index (χ4v) is 5.51. The molecule has 0 saturated carbocycles. The number of methoxy groups -OCH3 is 2. The first kappa shape index (κ1) is 24.2. The van der Waals surface area contributed by atoms with Gasteiger partial charge in [-0.3, -0.25) is 9.36 Å². The zero-order valence-corrected chi connectivity index (χ0v) is 20.3. The summed E-state index contributed by atoms with van der Waals surface area (Å²) in [6, 6.07) is 9.40. The quantitative estimate of drug-likeness (QED) is 0.206. The highest BCUT2D eigenvalue weighted by molar-refractivity contribution is 7.70. The number of hydrogen-bond donors (Lipinski definition) is 2. The normalized spacial score (nSPS) is 10.7. The van der Waals surface area contributed by atoms with Crippen LogP contribution in [0.4, 0.5) is 14.9 Å². The number of esters is 1. The third-order valence-corrected chi connectivity index (χ3v) is 7.05. The molecule has 182 valence electrons. The van der Waals surface area contributed by atoms with Crippen LogP contribution in [0.5, 0.6) is 11.5 Å². The van der Waals surface area contributed by atoms with Crippen LogP contribution in [-0.2, 0) is 4.74 Å². The summed E-state index contributed by atoms with van der Waals surface area (Å²) in [5.74, 6) is -0.0835. The van der Waals surface area contributed by atoms with Crippen molar-refractivity contribution in [2.45, 2.75) is 0 Å². The molecule has 2 aromatic carbocycles. The lowest BCUT2D eigenvalue weighted by Crippen LogP contribution is -2.33. The van der Waals surface area contributed by atoms with Crippen molar-refractivity contribution >= 4 is 38.4 Å². The minimum atomic E-state index is -0.638. The standard InChI is InChI=1S/C23H20FN3O6S2/c1-31-15-7-8-16(18(11-15)32-2)27-17-12-34-35-20(17)19(21(27)28)26-23(30)25-9-10-33-22(29)13-3-5-14(24)6-4-13/h3-8,11-12H,9-10H2,1-2H3,(H2,25,26,30). The maximum atomic E-state index is 13.3.